The van der Waals surface area contributed by atoms with Gasteiger partial charge in [-0.2, -0.15) is 0 Å². The van der Waals surface area contributed by atoms with Crippen molar-refractivity contribution < 1.29 is 24.2 Å². The van der Waals surface area contributed by atoms with Crippen LogP contribution >= 0.6 is 11.8 Å². The molecule has 4 rings (SSSR count). The van der Waals surface area contributed by atoms with Gasteiger partial charge < -0.3 is 19.6 Å². The summed E-state index contributed by atoms with van der Waals surface area (Å²) in [7, 11) is 0. The lowest BCUT2D eigenvalue weighted by molar-refractivity contribution is -0.155. The molecule has 0 aromatic carbocycles. The lowest BCUT2D eigenvalue weighted by atomic mass is 9.74. The highest BCUT2D eigenvalue weighted by Crippen LogP contribution is 2.65. The Morgan fingerprint density at radius 2 is 1.79 bits per heavy atom. The van der Waals surface area contributed by atoms with Gasteiger partial charge in [-0.15, -0.1) is 11.8 Å². The van der Waals surface area contributed by atoms with Gasteiger partial charge in [0.05, 0.1) is 35.8 Å². The van der Waals surface area contributed by atoms with Crippen molar-refractivity contribution in [2.75, 3.05) is 19.8 Å². The van der Waals surface area contributed by atoms with Crippen LogP contribution in [-0.2, 0) is 19.1 Å². The third-order valence-corrected chi connectivity index (χ3v) is 10.5. The number of aliphatic hydroxyl groups excluding tert-OH is 1. The van der Waals surface area contributed by atoms with E-state index in [0.29, 0.717) is 19.6 Å². The summed E-state index contributed by atoms with van der Waals surface area (Å²) in [6.45, 7) is 15.2. The van der Waals surface area contributed by atoms with E-state index in [1.54, 1.807) is 16.7 Å². The Labute approximate surface area is 232 Å². The lowest BCUT2D eigenvalue weighted by Crippen LogP contribution is -2.60. The maximum Gasteiger partial charge on any atom is 0.311 e. The Morgan fingerprint density at radius 1 is 1.08 bits per heavy atom. The van der Waals surface area contributed by atoms with E-state index >= 15 is 0 Å². The molecule has 7 nitrogen and oxygen atoms in total. The number of carbonyl (C=O) groups is 3. The molecular weight excluding hydrogens is 500 g/mol. The number of cyclic esters (lactones) is 1. The van der Waals surface area contributed by atoms with Crippen molar-refractivity contribution in [3.05, 3.63) is 24.3 Å². The SMILES string of the molecule is CC[C@@H](CO)N1C(=O)[C@@H]2[C@@H]3C(=O)OCCCC/C=C\[C@]3(C)S[C@@]23C=CCN(C(C)(C)CC(C)(C)C)C(=O)C13. The minimum atomic E-state index is -0.930. The van der Waals surface area contributed by atoms with E-state index in [9.17, 15) is 19.5 Å². The van der Waals surface area contributed by atoms with Crippen LogP contribution in [0.1, 0.15) is 80.6 Å². The zero-order chi connectivity index (χ0) is 28.1. The number of allylic oxidation sites excluding steroid dienone is 1. The molecule has 1 unspecified atom stereocenters. The van der Waals surface area contributed by atoms with Gasteiger partial charge in [0.2, 0.25) is 11.8 Å². The molecule has 4 aliphatic heterocycles. The predicted octanol–water partition coefficient (Wildman–Crippen LogP) is 4.34. The van der Waals surface area contributed by atoms with Gasteiger partial charge in [-0.3, -0.25) is 14.4 Å². The van der Waals surface area contributed by atoms with Crippen LogP contribution in [0, 0.1) is 17.3 Å². The van der Waals surface area contributed by atoms with Gasteiger partial charge in [0.15, 0.2) is 0 Å². The van der Waals surface area contributed by atoms with Crippen LogP contribution < -0.4 is 0 Å². The fraction of sp³-hybridized carbons (Fsp3) is 0.767. The number of rotatable bonds is 5. The lowest BCUT2D eigenvalue weighted by Gasteiger charge is -2.45. The maximum absolute atomic E-state index is 14.7. The van der Waals surface area contributed by atoms with Crippen molar-refractivity contribution in [3.8, 4) is 0 Å². The number of nitrogens with zero attached hydrogens (tertiary/aromatic N) is 2. The molecule has 0 aromatic heterocycles. The highest BCUT2D eigenvalue weighted by Gasteiger charge is 2.74. The van der Waals surface area contributed by atoms with Crippen LogP contribution in [0.3, 0.4) is 0 Å². The second-order valence-corrected chi connectivity index (χ2v) is 15.2. The first-order valence-corrected chi connectivity index (χ1v) is 15.0. The van der Waals surface area contributed by atoms with Gasteiger partial charge in [0.1, 0.15) is 6.04 Å². The fourth-order valence-corrected chi connectivity index (χ4v) is 9.62. The average molecular weight is 547 g/mol. The number of thioether (sulfide) groups is 1. The summed E-state index contributed by atoms with van der Waals surface area (Å²) in [5, 5.41) is 10.3. The summed E-state index contributed by atoms with van der Waals surface area (Å²) < 4.78 is 4.12. The minimum Gasteiger partial charge on any atom is -0.465 e. The molecule has 2 fully saturated rings. The van der Waals surface area contributed by atoms with Crippen LogP contribution in [-0.4, -0.2) is 79.6 Å². The Hall–Kier alpha value is -1.80. The molecule has 1 N–H and O–H groups in total. The zero-order valence-corrected chi connectivity index (χ0v) is 25.0. The number of ether oxygens (including phenoxy) is 1. The topological polar surface area (TPSA) is 87.2 Å². The number of likely N-dealkylation sites (tertiary alicyclic amines) is 1. The minimum absolute atomic E-state index is 0.00510. The standard InChI is InChI=1S/C30H46N2O5S/c1-8-20(18-33)32-23-25(35)31(28(5,6)19-27(2,3)4)16-13-15-30(23)21(24(32)34)22-26(36)37-17-12-10-9-11-14-29(22,7)38-30/h11,13-15,20-23,33H,8-10,12,16-19H2,1-7H3/b14-11-/t20-,21-,22+,23?,29-,30-/m0/s1. The van der Waals surface area contributed by atoms with E-state index in [-0.39, 0.29) is 29.8 Å². The van der Waals surface area contributed by atoms with Gasteiger partial charge >= 0.3 is 5.97 Å². The van der Waals surface area contributed by atoms with Gasteiger partial charge in [-0.05, 0) is 58.3 Å². The van der Waals surface area contributed by atoms with E-state index in [2.05, 4.69) is 46.8 Å². The second kappa shape index (κ2) is 10.3. The largest absolute Gasteiger partial charge is 0.465 e. The molecule has 4 aliphatic rings. The van der Waals surface area contributed by atoms with Gasteiger partial charge in [-0.25, -0.2) is 0 Å². The summed E-state index contributed by atoms with van der Waals surface area (Å²) in [5.41, 5.74) is -0.461. The molecule has 1 spiro atoms. The number of esters is 1. The molecule has 0 aliphatic carbocycles. The molecule has 0 saturated carbocycles. The first-order valence-electron chi connectivity index (χ1n) is 14.2. The quantitative estimate of drug-likeness (QED) is 0.408. The molecule has 8 heteroatoms. The summed E-state index contributed by atoms with van der Waals surface area (Å²) in [4.78, 5) is 46.3. The number of aliphatic hydroxyl groups is 1. The first-order chi connectivity index (χ1) is 17.7. The highest BCUT2D eigenvalue weighted by atomic mass is 32.2. The molecule has 0 bridgehead atoms. The van der Waals surface area contributed by atoms with Crippen molar-refractivity contribution in [3.63, 3.8) is 0 Å². The Morgan fingerprint density at radius 3 is 2.42 bits per heavy atom. The molecule has 4 heterocycles. The Balaban J connectivity index is 1.88. The average Bonchev–Trinajstić information content (AvgIpc) is 3.13. The zero-order valence-electron chi connectivity index (χ0n) is 24.2. The smallest absolute Gasteiger partial charge is 0.311 e. The Bertz CT molecular complexity index is 1010. The monoisotopic (exact) mass is 546 g/mol. The van der Waals surface area contributed by atoms with E-state index in [1.165, 1.54) is 0 Å². The first kappa shape index (κ1) is 29.2. The van der Waals surface area contributed by atoms with Gasteiger partial charge in [-0.1, -0.05) is 52.0 Å². The highest BCUT2D eigenvalue weighted by molar-refractivity contribution is 8.02. The van der Waals surface area contributed by atoms with Crippen LogP contribution in [0.4, 0.5) is 0 Å². The van der Waals surface area contributed by atoms with Crippen molar-refractivity contribution in [1.29, 1.82) is 0 Å². The van der Waals surface area contributed by atoms with E-state index < -0.39 is 39.0 Å². The van der Waals surface area contributed by atoms with E-state index in [1.807, 2.05) is 30.9 Å². The van der Waals surface area contributed by atoms with Crippen LogP contribution in [0.15, 0.2) is 24.3 Å². The summed E-state index contributed by atoms with van der Waals surface area (Å²) in [6.07, 6.45) is 12.2. The molecule has 38 heavy (non-hydrogen) atoms. The van der Waals surface area contributed by atoms with Crippen LogP contribution in [0.5, 0.6) is 0 Å². The normalized spacial score (nSPS) is 35.8. The van der Waals surface area contributed by atoms with Crippen molar-refractivity contribution in [2.45, 2.75) is 108 Å². The summed E-state index contributed by atoms with van der Waals surface area (Å²) >= 11 is 1.56. The number of amides is 2. The number of hydrogen-bond donors (Lipinski definition) is 1. The fourth-order valence-electron chi connectivity index (χ4n) is 7.48. The Kier molecular flexibility index (Phi) is 7.92. The van der Waals surface area contributed by atoms with E-state index in [4.69, 9.17) is 4.74 Å². The third kappa shape index (κ3) is 4.85. The maximum atomic E-state index is 14.7. The van der Waals surface area contributed by atoms with Crippen molar-refractivity contribution >= 4 is 29.5 Å². The van der Waals surface area contributed by atoms with Gasteiger partial charge in [0.25, 0.3) is 0 Å². The number of hydrogen-bond acceptors (Lipinski definition) is 6. The predicted molar refractivity (Wildman–Crippen MR) is 150 cm³/mol. The van der Waals surface area contributed by atoms with Gasteiger partial charge in [0, 0.05) is 16.8 Å². The number of fused-ring (bicyclic) bond motifs is 2. The molecule has 0 aromatic rings. The molecule has 2 saturated heterocycles. The molecule has 2 amide bonds. The van der Waals surface area contributed by atoms with Crippen LogP contribution in [0.25, 0.3) is 0 Å². The molecular formula is C30H46N2O5S. The van der Waals surface area contributed by atoms with Crippen LogP contribution in [0.2, 0.25) is 0 Å². The van der Waals surface area contributed by atoms with E-state index in [0.717, 1.165) is 25.7 Å². The van der Waals surface area contributed by atoms with Crippen molar-refractivity contribution in [1.82, 2.24) is 9.80 Å². The third-order valence-electron chi connectivity index (χ3n) is 8.71. The second-order valence-electron chi connectivity index (χ2n) is 13.5. The molecule has 0 radical (unpaired) electrons. The summed E-state index contributed by atoms with van der Waals surface area (Å²) in [5.74, 6) is -2.16. The summed E-state index contributed by atoms with van der Waals surface area (Å²) in [6, 6.07) is -1.31. The van der Waals surface area contributed by atoms with Crippen molar-refractivity contribution in [2.24, 2.45) is 17.3 Å². The number of carbonyl (C=O) groups excluding carboxylic acids is 3. The molecule has 212 valence electrons. The molecule has 6 atom stereocenters.